The van der Waals surface area contributed by atoms with Crippen molar-refractivity contribution < 1.29 is 9.59 Å². The summed E-state index contributed by atoms with van der Waals surface area (Å²) in [5.41, 5.74) is -0.735. The van der Waals surface area contributed by atoms with E-state index in [4.69, 9.17) is 0 Å². The highest BCUT2D eigenvalue weighted by atomic mass is 16.1. The Balaban J connectivity index is 3.03. The van der Waals surface area contributed by atoms with Gasteiger partial charge in [0.25, 0.3) is 11.1 Å². The van der Waals surface area contributed by atoms with Gasteiger partial charge in [0.2, 0.25) is 0 Å². The minimum absolute atomic E-state index is 0.0916. The van der Waals surface area contributed by atoms with Crippen molar-refractivity contribution in [3.8, 4) is 0 Å². The second-order valence-corrected chi connectivity index (χ2v) is 3.96. The van der Waals surface area contributed by atoms with E-state index in [-0.39, 0.29) is 33.5 Å². The summed E-state index contributed by atoms with van der Waals surface area (Å²) in [6.07, 6.45) is 0. The Morgan fingerprint density at radius 3 is 1.44 bits per heavy atom. The molecule has 0 unspecified atom stereocenters. The van der Waals surface area contributed by atoms with Crippen molar-refractivity contribution in [2.24, 2.45) is 0 Å². The van der Waals surface area contributed by atoms with Gasteiger partial charge in [0, 0.05) is 11.1 Å². The number of carbonyl (C=O) groups excluding carboxylic acids is 2. The van der Waals surface area contributed by atoms with Gasteiger partial charge in [-0.3, -0.25) is 29.4 Å². The number of aromatic nitrogens is 2. The predicted octanol–water partition coefficient (Wildman–Crippen LogP) is 0.622. The van der Waals surface area contributed by atoms with Gasteiger partial charge in [-0.1, -0.05) is 0 Å². The summed E-state index contributed by atoms with van der Waals surface area (Å²) in [5, 5.41) is 4.52. The molecule has 0 aliphatic carbocycles. The second-order valence-electron chi connectivity index (χ2n) is 3.96. The number of hydrogen-bond acceptors (Lipinski definition) is 4. The van der Waals surface area contributed by atoms with Crippen LogP contribution in [0.4, 0.5) is 0 Å². The largest absolute Gasteiger partial charge is 0.294 e. The second kappa shape index (κ2) is 4.06. The molecule has 0 aliphatic rings. The minimum Gasteiger partial charge on any atom is -0.294 e. The number of H-pyrrole nitrogens is 2. The van der Waals surface area contributed by atoms with E-state index in [0.717, 1.165) is 0 Å². The molecule has 2 N–H and O–H groups in total. The van der Waals surface area contributed by atoms with E-state index in [1.54, 1.807) is 0 Å². The zero-order valence-corrected chi connectivity index (χ0v) is 9.79. The van der Waals surface area contributed by atoms with E-state index in [1.165, 1.54) is 26.0 Å². The van der Waals surface area contributed by atoms with Crippen LogP contribution in [-0.2, 0) is 0 Å². The number of aromatic amines is 2. The number of Topliss-reactive ketones (excluding diaryl/α,β-unsaturated/α-hetero) is 2. The molecule has 0 atom stereocenters. The first kappa shape index (κ1) is 12.0. The van der Waals surface area contributed by atoms with Crippen molar-refractivity contribution in [1.29, 1.82) is 0 Å². The zero-order valence-electron chi connectivity index (χ0n) is 9.79. The van der Waals surface area contributed by atoms with Crippen LogP contribution in [0.3, 0.4) is 0 Å². The maximum atomic E-state index is 11.6. The van der Waals surface area contributed by atoms with E-state index in [9.17, 15) is 19.2 Å². The van der Waals surface area contributed by atoms with Crippen molar-refractivity contribution in [2.75, 3.05) is 0 Å². The van der Waals surface area contributed by atoms with E-state index in [2.05, 4.69) is 10.2 Å². The van der Waals surface area contributed by atoms with Crippen LogP contribution in [0.5, 0.6) is 0 Å². The van der Waals surface area contributed by atoms with Gasteiger partial charge in [-0.2, -0.15) is 0 Å². The Morgan fingerprint density at radius 1 is 0.833 bits per heavy atom. The Kier molecular flexibility index (Phi) is 2.70. The van der Waals surface area contributed by atoms with Crippen molar-refractivity contribution >= 4 is 22.3 Å². The molecule has 0 aliphatic heterocycles. The normalized spacial score (nSPS) is 10.6. The molecule has 6 heteroatoms. The fourth-order valence-corrected chi connectivity index (χ4v) is 1.81. The van der Waals surface area contributed by atoms with E-state index < -0.39 is 11.1 Å². The van der Waals surface area contributed by atoms with E-state index in [1.807, 2.05) is 0 Å². The third kappa shape index (κ3) is 1.77. The van der Waals surface area contributed by atoms with Crippen molar-refractivity contribution in [1.82, 2.24) is 10.2 Å². The topological polar surface area (TPSA) is 99.9 Å². The molecule has 18 heavy (non-hydrogen) atoms. The van der Waals surface area contributed by atoms with Crippen LogP contribution < -0.4 is 11.1 Å². The molecule has 0 saturated carbocycles. The van der Waals surface area contributed by atoms with Gasteiger partial charge in [0.15, 0.2) is 11.6 Å². The molecular weight excluding hydrogens is 236 g/mol. The average molecular weight is 246 g/mol. The van der Waals surface area contributed by atoms with Crippen LogP contribution >= 0.6 is 0 Å². The first-order valence-corrected chi connectivity index (χ1v) is 5.22. The van der Waals surface area contributed by atoms with Crippen LogP contribution in [0.15, 0.2) is 21.7 Å². The summed E-state index contributed by atoms with van der Waals surface area (Å²) in [6.45, 7) is 2.60. The van der Waals surface area contributed by atoms with Crippen LogP contribution in [0, 0.1) is 0 Å². The highest BCUT2D eigenvalue weighted by Crippen LogP contribution is 2.16. The molecule has 2 aromatic rings. The third-order valence-electron chi connectivity index (χ3n) is 2.70. The molecule has 1 heterocycles. The molecule has 0 spiro atoms. The summed E-state index contributed by atoms with van der Waals surface area (Å²) >= 11 is 0. The molecule has 0 bridgehead atoms. The Labute approximate surface area is 101 Å². The van der Waals surface area contributed by atoms with Crippen molar-refractivity contribution in [3.63, 3.8) is 0 Å². The third-order valence-corrected chi connectivity index (χ3v) is 2.70. The zero-order chi connectivity index (χ0) is 13.4. The summed E-state index contributed by atoms with van der Waals surface area (Å²) in [6, 6.07) is 2.56. The smallest absolute Gasteiger partial charge is 0.270 e. The highest BCUT2D eigenvalue weighted by molar-refractivity contribution is 6.10. The number of carbonyl (C=O) groups is 2. The number of fused-ring (bicyclic) bond motifs is 1. The Morgan fingerprint density at radius 2 is 1.17 bits per heavy atom. The summed E-state index contributed by atoms with van der Waals surface area (Å²) in [5.74, 6) is -0.663. The molecule has 0 saturated heterocycles. The lowest BCUT2D eigenvalue weighted by molar-refractivity contribution is 0.0981. The Bertz CT molecular complexity index is 716. The molecule has 1 aromatic carbocycles. The summed E-state index contributed by atoms with van der Waals surface area (Å²) in [7, 11) is 0. The van der Waals surface area contributed by atoms with Crippen molar-refractivity contribution in [2.45, 2.75) is 13.8 Å². The van der Waals surface area contributed by atoms with Crippen LogP contribution in [0.25, 0.3) is 10.8 Å². The van der Waals surface area contributed by atoms with Gasteiger partial charge >= 0.3 is 0 Å². The van der Waals surface area contributed by atoms with Gasteiger partial charge in [0.1, 0.15) is 0 Å². The Hall–Kier alpha value is -2.50. The maximum absolute atomic E-state index is 11.6. The first-order chi connectivity index (χ1) is 8.41. The molecule has 2 rings (SSSR count). The van der Waals surface area contributed by atoms with Gasteiger partial charge in [-0.15, -0.1) is 0 Å². The fourth-order valence-electron chi connectivity index (χ4n) is 1.81. The molecule has 0 amide bonds. The quantitative estimate of drug-likeness (QED) is 0.758. The molecule has 0 radical (unpaired) electrons. The first-order valence-electron chi connectivity index (χ1n) is 5.22. The van der Waals surface area contributed by atoms with E-state index in [0.29, 0.717) is 0 Å². The molecule has 0 fully saturated rings. The van der Waals surface area contributed by atoms with Crippen LogP contribution in [-0.4, -0.2) is 21.8 Å². The van der Waals surface area contributed by atoms with Gasteiger partial charge in [-0.05, 0) is 26.0 Å². The predicted molar refractivity (Wildman–Crippen MR) is 65.2 cm³/mol. The van der Waals surface area contributed by atoms with Crippen LogP contribution in [0.2, 0.25) is 0 Å². The van der Waals surface area contributed by atoms with Crippen LogP contribution in [0.1, 0.15) is 34.6 Å². The number of ketones is 2. The van der Waals surface area contributed by atoms with Gasteiger partial charge < -0.3 is 0 Å². The summed E-state index contributed by atoms with van der Waals surface area (Å²) < 4.78 is 0. The maximum Gasteiger partial charge on any atom is 0.270 e. The fraction of sp³-hybridized carbons (Fsp3) is 0.167. The SMILES string of the molecule is CC(=O)c1cc2c(=O)[nH][nH]c(=O)c2cc1C(C)=O. The minimum atomic E-state index is -0.512. The average Bonchev–Trinajstić information content (AvgIpc) is 2.32. The molecular formula is C12H10N2O4. The number of rotatable bonds is 2. The van der Waals surface area contributed by atoms with Gasteiger partial charge in [-0.25, -0.2) is 0 Å². The standard InChI is InChI=1S/C12H10N2O4/c1-5(15)7-3-9-10(4-8(7)6(2)16)12(18)14-13-11(9)17/h3-4H,1-2H3,(H,13,17)(H,14,18). The highest BCUT2D eigenvalue weighted by Gasteiger charge is 2.15. The molecule has 1 aromatic heterocycles. The lowest BCUT2D eigenvalue weighted by Crippen LogP contribution is -2.20. The van der Waals surface area contributed by atoms with Gasteiger partial charge in [0.05, 0.1) is 10.8 Å². The summed E-state index contributed by atoms with van der Waals surface area (Å²) in [4.78, 5) is 46.1. The molecule has 92 valence electrons. The number of hydrogen-bond donors (Lipinski definition) is 2. The number of benzene rings is 1. The monoisotopic (exact) mass is 246 g/mol. The van der Waals surface area contributed by atoms with E-state index >= 15 is 0 Å². The lowest BCUT2D eigenvalue weighted by Gasteiger charge is -2.05. The number of nitrogens with one attached hydrogen (secondary N) is 2. The lowest BCUT2D eigenvalue weighted by atomic mass is 9.98. The molecule has 6 nitrogen and oxygen atoms in total. The van der Waals surface area contributed by atoms with Crippen molar-refractivity contribution in [3.05, 3.63) is 44.0 Å².